The Bertz CT molecular complexity index is 838. The van der Waals surface area contributed by atoms with Crippen LogP contribution in [0.5, 0.6) is 0 Å². The third kappa shape index (κ3) is 5.66. The molecule has 2 aromatic rings. The zero-order valence-corrected chi connectivity index (χ0v) is 17.1. The predicted molar refractivity (Wildman–Crippen MR) is 112 cm³/mol. The molecular formula is C24H29FN2O2. The van der Waals surface area contributed by atoms with E-state index in [1.807, 2.05) is 36.4 Å². The summed E-state index contributed by atoms with van der Waals surface area (Å²) in [4.78, 5) is 27.5. The fourth-order valence-corrected chi connectivity index (χ4v) is 3.85. The summed E-state index contributed by atoms with van der Waals surface area (Å²) in [6.07, 6.45) is 1.21. The van der Waals surface area contributed by atoms with Crippen molar-refractivity contribution in [3.63, 3.8) is 0 Å². The van der Waals surface area contributed by atoms with E-state index in [1.165, 1.54) is 12.1 Å². The lowest BCUT2D eigenvalue weighted by Crippen LogP contribution is -2.36. The second kappa shape index (κ2) is 9.68. The molecule has 1 aliphatic heterocycles. The normalized spacial score (nSPS) is 18.8. The van der Waals surface area contributed by atoms with Crippen LogP contribution >= 0.6 is 0 Å². The van der Waals surface area contributed by atoms with Crippen LogP contribution in [0.25, 0.3) is 0 Å². The summed E-state index contributed by atoms with van der Waals surface area (Å²) in [5, 5.41) is 3.01. The van der Waals surface area contributed by atoms with Crippen molar-refractivity contribution in [1.82, 2.24) is 10.2 Å². The molecule has 0 bridgehead atoms. The largest absolute Gasteiger partial charge is 0.356 e. The minimum atomic E-state index is -0.372. The fourth-order valence-electron chi connectivity index (χ4n) is 3.85. The first kappa shape index (κ1) is 21.0. The second-order valence-corrected chi connectivity index (χ2v) is 8.20. The van der Waals surface area contributed by atoms with E-state index in [9.17, 15) is 14.0 Å². The summed E-state index contributed by atoms with van der Waals surface area (Å²) in [5.41, 5.74) is 1.72. The molecule has 4 nitrogen and oxygen atoms in total. The molecule has 2 atom stereocenters. The van der Waals surface area contributed by atoms with E-state index in [2.05, 4.69) is 19.2 Å². The van der Waals surface area contributed by atoms with Gasteiger partial charge in [-0.1, -0.05) is 56.3 Å². The van der Waals surface area contributed by atoms with Crippen LogP contribution in [0.2, 0.25) is 0 Å². The van der Waals surface area contributed by atoms with Crippen molar-refractivity contribution in [2.24, 2.45) is 11.8 Å². The quantitative estimate of drug-likeness (QED) is 0.774. The van der Waals surface area contributed by atoms with Gasteiger partial charge in [0.1, 0.15) is 5.82 Å². The molecule has 5 heteroatoms. The molecule has 0 saturated carbocycles. The van der Waals surface area contributed by atoms with Gasteiger partial charge in [-0.05, 0) is 35.6 Å². The molecule has 0 aliphatic carbocycles. The molecule has 1 aliphatic rings. The Morgan fingerprint density at radius 3 is 2.55 bits per heavy atom. The molecule has 2 aromatic carbocycles. The summed E-state index contributed by atoms with van der Waals surface area (Å²) in [5.74, 6) is -0.462. The van der Waals surface area contributed by atoms with Crippen molar-refractivity contribution >= 4 is 11.8 Å². The summed E-state index contributed by atoms with van der Waals surface area (Å²) in [6, 6.07) is 16.0. The monoisotopic (exact) mass is 396 g/mol. The van der Waals surface area contributed by atoms with Gasteiger partial charge in [-0.15, -0.1) is 0 Å². The maximum Gasteiger partial charge on any atom is 0.227 e. The summed E-state index contributed by atoms with van der Waals surface area (Å²) < 4.78 is 13.8. The fraction of sp³-hybridized carbons (Fsp3) is 0.417. The van der Waals surface area contributed by atoms with Gasteiger partial charge in [0.2, 0.25) is 11.8 Å². The highest BCUT2D eigenvalue weighted by Gasteiger charge is 2.40. The van der Waals surface area contributed by atoms with E-state index in [4.69, 9.17) is 0 Å². The number of benzene rings is 2. The molecule has 0 aromatic heterocycles. The highest BCUT2D eigenvalue weighted by atomic mass is 19.1. The molecule has 1 heterocycles. The molecule has 0 radical (unpaired) electrons. The lowest BCUT2D eigenvalue weighted by atomic mass is 9.88. The zero-order chi connectivity index (χ0) is 20.8. The third-order valence-electron chi connectivity index (χ3n) is 5.51. The summed E-state index contributed by atoms with van der Waals surface area (Å²) in [7, 11) is 0. The van der Waals surface area contributed by atoms with Gasteiger partial charge in [-0.2, -0.15) is 0 Å². The average molecular weight is 397 g/mol. The Morgan fingerprint density at radius 2 is 1.86 bits per heavy atom. The van der Waals surface area contributed by atoms with E-state index in [0.29, 0.717) is 32.0 Å². The van der Waals surface area contributed by atoms with E-state index in [-0.39, 0.29) is 29.5 Å². The van der Waals surface area contributed by atoms with Crippen molar-refractivity contribution in [1.29, 1.82) is 0 Å². The minimum Gasteiger partial charge on any atom is -0.356 e. The Kier molecular flexibility index (Phi) is 7.02. The second-order valence-electron chi connectivity index (χ2n) is 8.20. The van der Waals surface area contributed by atoms with Gasteiger partial charge in [0.25, 0.3) is 0 Å². The van der Waals surface area contributed by atoms with Crippen LogP contribution in [0, 0.1) is 17.7 Å². The van der Waals surface area contributed by atoms with Crippen LogP contribution in [0.3, 0.4) is 0 Å². The SMILES string of the molecule is CC(C)CCNC(=O)[C@@H]1CN(C(=O)Cc2ccccc2)C[C@@H]1c1cccc(F)c1. The topological polar surface area (TPSA) is 49.4 Å². The number of nitrogens with zero attached hydrogens (tertiary/aromatic N) is 1. The molecule has 29 heavy (non-hydrogen) atoms. The Morgan fingerprint density at radius 1 is 1.10 bits per heavy atom. The van der Waals surface area contributed by atoms with E-state index >= 15 is 0 Å². The number of hydrogen-bond acceptors (Lipinski definition) is 2. The number of amides is 2. The van der Waals surface area contributed by atoms with Crippen molar-refractivity contribution < 1.29 is 14.0 Å². The van der Waals surface area contributed by atoms with Gasteiger partial charge in [-0.3, -0.25) is 9.59 Å². The standard InChI is InChI=1S/C24H29FN2O2/c1-17(2)11-12-26-24(29)22-16-27(23(28)13-18-7-4-3-5-8-18)15-21(22)19-9-6-10-20(25)14-19/h3-10,14,17,21-22H,11-13,15-16H2,1-2H3,(H,26,29)/t21-,22-/m1/s1. The van der Waals surface area contributed by atoms with Crippen molar-refractivity contribution in [3.8, 4) is 0 Å². The Balaban J connectivity index is 1.74. The summed E-state index contributed by atoms with van der Waals surface area (Å²) in [6.45, 7) is 5.63. The predicted octanol–water partition coefficient (Wildman–Crippen LogP) is 3.77. The van der Waals surface area contributed by atoms with Crippen LogP contribution in [0.15, 0.2) is 54.6 Å². The first-order valence-corrected chi connectivity index (χ1v) is 10.3. The highest BCUT2D eigenvalue weighted by Crippen LogP contribution is 2.33. The molecule has 1 fully saturated rings. The van der Waals surface area contributed by atoms with E-state index in [1.54, 1.807) is 11.0 Å². The van der Waals surface area contributed by atoms with Crippen molar-refractivity contribution in [3.05, 3.63) is 71.5 Å². The Labute approximate surface area is 172 Å². The molecule has 3 rings (SSSR count). The van der Waals surface area contributed by atoms with Gasteiger partial charge in [0.05, 0.1) is 12.3 Å². The van der Waals surface area contributed by atoms with E-state index < -0.39 is 0 Å². The smallest absolute Gasteiger partial charge is 0.227 e. The van der Waals surface area contributed by atoms with Crippen LogP contribution < -0.4 is 5.32 Å². The molecule has 1 saturated heterocycles. The number of likely N-dealkylation sites (tertiary alicyclic amines) is 1. The Hall–Kier alpha value is -2.69. The van der Waals surface area contributed by atoms with Gasteiger partial charge in [-0.25, -0.2) is 4.39 Å². The maximum absolute atomic E-state index is 13.8. The maximum atomic E-state index is 13.8. The first-order chi connectivity index (χ1) is 13.9. The van der Waals surface area contributed by atoms with Gasteiger partial charge in [0, 0.05) is 25.6 Å². The highest BCUT2D eigenvalue weighted by molar-refractivity contribution is 5.84. The van der Waals surface area contributed by atoms with Gasteiger partial charge in [0.15, 0.2) is 0 Å². The number of carbonyl (C=O) groups excluding carboxylic acids is 2. The lowest BCUT2D eigenvalue weighted by molar-refractivity contribution is -0.130. The molecule has 0 spiro atoms. The molecule has 1 N–H and O–H groups in total. The number of carbonyl (C=O) groups is 2. The average Bonchev–Trinajstić information content (AvgIpc) is 3.14. The van der Waals surface area contributed by atoms with E-state index in [0.717, 1.165) is 17.5 Å². The molecule has 2 amide bonds. The number of rotatable bonds is 7. The third-order valence-corrected chi connectivity index (χ3v) is 5.51. The van der Waals surface area contributed by atoms with Crippen LogP contribution in [-0.2, 0) is 16.0 Å². The van der Waals surface area contributed by atoms with Crippen LogP contribution in [0.4, 0.5) is 4.39 Å². The zero-order valence-electron chi connectivity index (χ0n) is 17.1. The molecule has 0 unspecified atom stereocenters. The van der Waals surface area contributed by atoms with Crippen molar-refractivity contribution in [2.45, 2.75) is 32.6 Å². The molecule has 154 valence electrons. The minimum absolute atomic E-state index is 0.00455. The van der Waals surface area contributed by atoms with Crippen LogP contribution in [0.1, 0.15) is 37.3 Å². The van der Waals surface area contributed by atoms with Crippen LogP contribution in [-0.4, -0.2) is 36.3 Å². The van der Waals surface area contributed by atoms with Crippen molar-refractivity contribution in [2.75, 3.05) is 19.6 Å². The lowest BCUT2D eigenvalue weighted by Gasteiger charge is -2.18. The van der Waals surface area contributed by atoms with Gasteiger partial charge < -0.3 is 10.2 Å². The number of nitrogens with one attached hydrogen (secondary N) is 1. The summed E-state index contributed by atoms with van der Waals surface area (Å²) >= 11 is 0. The van der Waals surface area contributed by atoms with Gasteiger partial charge >= 0.3 is 0 Å². The molecular weight excluding hydrogens is 367 g/mol. The number of hydrogen-bond donors (Lipinski definition) is 1. The first-order valence-electron chi connectivity index (χ1n) is 10.3. The number of halogens is 1.